The minimum absolute atomic E-state index is 0.141. The molecule has 3 aromatic carbocycles. The summed E-state index contributed by atoms with van der Waals surface area (Å²) in [6.45, 7) is 11.4. The monoisotopic (exact) mass is 724 g/mol. The maximum Gasteiger partial charge on any atom is 0.124 e. The highest BCUT2D eigenvalue weighted by atomic mass is 35.5. The van der Waals surface area contributed by atoms with Gasteiger partial charge in [-0.05, 0) is 119 Å². The molecular weight excluding hydrogens is 670 g/mol. The molecule has 50 heavy (non-hydrogen) atoms. The van der Waals surface area contributed by atoms with Crippen molar-refractivity contribution in [2.75, 3.05) is 9.80 Å². The first-order chi connectivity index (χ1) is 24.0. The highest BCUT2D eigenvalue weighted by Gasteiger charge is 2.59. The Bertz CT molecular complexity index is 1760. The van der Waals surface area contributed by atoms with E-state index in [1.165, 1.54) is 113 Å². The lowest BCUT2D eigenvalue weighted by Crippen LogP contribution is -2.38. The smallest absolute Gasteiger partial charge is 0.124 e. The molecule has 3 fully saturated rings. The molecule has 0 spiro atoms. The minimum atomic E-state index is -2.00. The van der Waals surface area contributed by atoms with E-state index in [2.05, 4.69) is 136 Å². The Morgan fingerprint density at radius 3 is 1.60 bits per heavy atom. The fourth-order valence-electron chi connectivity index (χ4n) is 10.4. The van der Waals surface area contributed by atoms with Crippen molar-refractivity contribution >= 4 is 53.3 Å². The Morgan fingerprint density at radius 1 is 0.680 bits per heavy atom. The lowest BCUT2D eigenvalue weighted by Gasteiger charge is -2.50. The number of alkyl halides is 2. The van der Waals surface area contributed by atoms with E-state index < -0.39 is 11.5 Å². The maximum absolute atomic E-state index is 8.75. The number of allylic oxidation sites excluding steroid dienone is 2. The van der Waals surface area contributed by atoms with Gasteiger partial charge in [-0.2, -0.15) is 0 Å². The summed E-state index contributed by atoms with van der Waals surface area (Å²) >= 11 is 16.5. The first-order valence-electron chi connectivity index (χ1n) is 19.0. The van der Waals surface area contributed by atoms with Crippen molar-refractivity contribution in [2.24, 2.45) is 0 Å². The summed E-state index contributed by atoms with van der Waals surface area (Å²) in [6.07, 6.45) is 21.5. The summed E-state index contributed by atoms with van der Waals surface area (Å²) in [5.41, 5.74) is 13.9. The normalized spacial score (nSPS) is 23.4. The Hall–Kier alpha value is -2.64. The molecule has 3 aliphatic carbocycles. The fourth-order valence-corrected chi connectivity index (χ4v) is 18.8. The van der Waals surface area contributed by atoms with Crippen LogP contribution in [0.5, 0.6) is 0 Å². The van der Waals surface area contributed by atoms with Gasteiger partial charge in [0, 0.05) is 18.0 Å². The van der Waals surface area contributed by atoms with Gasteiger partial charge in [-0.3, -0.25) is 0 Å². The van der Waals surface area contributed by atoms with Gasteiger partial charge in [-0.25, -0.2) is 0 Å². The molecular formula is C45H55Cl2N2P. The van der Waals surface area contributed by atoms with Crippen molar-refractivity contribution in [3.63, 3.8) is 0 Å². The molecule has 0 bridgehead atoms. The Labute approximate surface area is 312 Å². The van der Waals surface area contributed by atoms with Crippen LogP contribution in [0.3, 0.4) is 0 Å². The molecule has 2 unspecified atom stereocenters. The highest BCUT2D eigenvalue weighted by Crippen LogP contribution is 2.79. The number of nitrogens with zero attached hydrogens (tertiary/aromatic N) is 2. The molecule has 0 radical (unpaired) electrons. The number of hydrogen-bond donors (Lipinski definition) is 0. The second-order valence-corrected chi connectivity index (χ2v) is 21.3. The predicted octanol–water partition coefficient (Wildman–Crippen LogP) is 13.3. The van der Waals surface area contributed by atoms with Crippen LogP contribution in [0, 0.1) is 41.5 Å². The standard InChI is InChI=1S/C45H55Cl2N2P/c1-31-27-33(3)42(34(4)28-31)48-24-25-49(43-35(5)29-32(2)30-36(43)6)44(48)41-40(46)22-23-45(41,47)50(38-18-10-11-19-38,39-20-12-13-21-39)26-14-17-37-15-8-7-9-16-37/h7-9,14-17,24-30,38-40H,10-13,18-23H2,1-6H3. The molecule has 2 atom stereocenters. The molecule has 5 heteroatoms. The Kier molecular flexibility index (Phi) is 10.3. The molecule has 0 aromatic heterocycles. The topological polar surface area (TPSA) is 6.48 Å². The van der Waals surface area contributed by atoms with Crippen molar-refractivity contribution in [3.8, 4) is 0 Å². The summed E-state index contributed by atoms with van der Waals surface area (Å²) in [7, 11) is 0. The predicted molar refractivity (Wildman–Crippen MR) is 223 cm³/mol. The molecule has 3 aromatic rings. The zero-order chi connectivity index (χ0) is 35.2. The van der Waals surface area contributed by atoms with Crippen LogP contribution in [-0.4, -0.2) is 27.1 Å². The fraction of sp³-hybridized carbons (Fsp3) is 0.444. The summed E-state index contributed by atoms with van der Waals surface area (Å²) in [5.74, 6) is 3.89. The minimum Gasteiger partial charge on any atom is -0.301 e. The van der Waals surface area contributed by atoms with Gasteiger partial charge in [-0.1, -0.05) is 116 Å². The highest BCUT2D eigenvalue weighted by molar-refractivity contribution is 7.79. The first-order valence-corrected chi connectivity index (χ1v) is 21.8. The van der Waals surface area contributed by atoms with Crippen LogP contribution in [0.2, 0.25) is 0 Å². The maximum atomic E-state index is 8.75. The summed E-state index contributed by atoms with van der Waals surface area (Å²) in [4.78, 5) is 4.93. The van der Waals surface area contributed by atoms with Crippen molar-refractivity contribution in [2.45, 2.75) is 127 Å². The lowest BCUT2D eigenvalue weighted by atomic mass is 10.0. The third-order valence-corrected chi connectivity index (χ3v) is 19.7. The van der Waals surface area contributed by atoms with Crippen molar-refractivity contribution < 1.29 is 0 Å². The van der Waals surface area contributed by atoms with E-state index >= 15 is 0 Å². The number of halogens is 2. The molecule has 0 N–H and O–H groups in total. The number of rotatable bonds is 7. The molecule has 0 saturated heterocycles. The van der Waals surface area contributed by atoms with E-state index in [-0.39, 0.29) is 5.38 Å². The number of hydrogen-bond acceptors (Lipinski definition) is 2. The molecule has 1 heterocycles. The quantitative estimate of drug-likeness (QED) is 0.177. The summed E-state index contributed by atoms with van der Waals surface area (Å²) in [5, 5.41) is -0.141. The lowest BCUT2D eigenvalue weighted by molar-refractivity contribution is 0.766. The van der Waals surface area contributed by atoms with Gasteiger partial charge in [-0.15, -0.1) is 23.2 Å². The van der Waals surface area contributed by atoms with Crippen molar-refractivity contribution in [3.05, 3.63) is 123 Å². The average molecular weight is 726 g/mol. The van der Waals surface area contributed by atoms with Crippen LogP contribution < -0.4 is 9.80 Å². The van der Waals surface area contributed by atoms with Crippen LogP contribution >= 0.6 is 30.1 Å². The van der Waals surface area contributed by atoms with Gasteiger partial charge >= 0.3 is 0 Å². The van der Waals surface area contributed by atoms with Crippen LogP contribution in [0.25, 0.3) is 6.08 Å². The zero-order valence-electron chi connectivity index (χ0n) is 31.0. The van der Waals surface area contributed by atoms with E-state index in [4.69, 9.17) is 23.2 Å². The summed E-state index contributed by atoms with van der Waals surface area (Å²) in [6, 6.07) is 20.1. The average Bonchev–Trinajstić information content (AvgIpc) is 3.89. The molecule has 7 rings (SSSR count). The number of aryl methyl sites for hydroxylation is 6. The largest absolute Gasteiger partial charge is 0.301 e. The molecule has 0 amide bonds. The third-order valence-electron chi connectivity index (χ3n) is 12.2. The van der Waals surface area contributed by atoms with Gasteiger partial charge in [0.05, 0.1) is 21.4 Å². The second-order valence-electron chi connectivity index (χ2n) is 15.7. The molecule has 3 saturated carbocycles. The van der Waals surface area contributed by atoms with E-state index in [0.29, 0.717) is 11.3 Å². The third kappa shape index (κ3) is 6.16. The second kappa shape index (κ2) is 14.4. The van der Waals surface area contributed by atoms with Crippen LogP contribution in [0.1, 0.15) is 103 Å². The van der Waals surface area contributed by atoms with E-state index in [1.807, 2.05) is 0 Å². The van der Waals surface area contributed by atoms with Gasteiger partial charge in [0.2, 0.25) is 0 Å². The number of benzene rings is 3. The molecule has 2 nitrogen and oxygen atoms in total. The molecule has 4 aliphatic rings. The van der Waals surface area contributed by atoms with Gasteiger partial charge < -0.3 is 9.80 Å². The molecule has 1 aliphatic heterocycles. The van der Waals surface area contributed by atoms with E-state index in [1.54, 1.807) is 0 Å². The first kappa shape index (κ1) is 35.7. The van der Waals surface area contributed by atoms with Crippen molar-refractivity contribution in [1.29, 1.82) is 0 Å². The summed E-state index contributed by atoms with van der Waals surface area (Å²) < 4.78 is -0.526. The van der Waals surface area contributed by atoms with E-state index in [0.717, 1.165) is 12.8 Å². The Balaban J connectivity index is 1.54. The van der Waals surface area contributed by atoms with Crippen LogP contribution in [0.15, 0.2) is 84.5 Å². The van der Waals surface area contributed by atoms with Gasteiger partial charge in [0.15, 0.2) is 0 Å². The van der Waals surface area contributed by atoms with Crippen LogP contribution in [-0.2, 0) is 0 Å². The van der Waals surface area contributed by atoms with Gasteiger partial charge in [0.1, 0.15) is 5.82 Å². The van der Waals surface area contributed by atoms with Crippen molar-refractivity contribution in [1.82, 2.24) is 0 Å². The zero-order valence-corrected chi connectivity index (χ0v) is 33.4. The Morgan fingerprint density at radius 2 is 1.14 bits per heavy atom. The van der Waals surface area contributed by atoms with Gasteiger partial charge in [0.25, 0.3) is 0 Å². The van der Waals surface area contributed by atoms with Crippen LogP contribution in [0.4, 0.5) is 11.4 Å². The number of anilines is 2. The molecule has 264 valence electrons. The SMILES string of the molecule is Cc1cc(C)c(N2C=CN(c3c(C)cc(C)cc3C)C2=C2C(Cl)CCC2(Cl)P(=CC=Cc2ccccc2)(C2CCCC2)C2CCCC2)c(C)c1. The van der Waals surface area contributed by atoms with E-state index in [9.17, 15) is 0 Å².